The Morgan fingerprint density at radius 3 is 2.19 bits per heavy atom. The molecule has 0 spiro atoms. The summed E-state index contributed by atoms with van der Waals surface area (Å²) in [7, 11) is 5.80. The molecule has 2 aromatic rings. The highest BCUT2D eigenvalue weighted by atomic mass is 31.0. The van der Waals surface area contributed by atoms with E-state index in [1.807, 2.05) is 30.3 Å². The highest BCUT2D eigenvalue weighted by molar-refractivity contribution is 7.28. The first-order chi connectivity index (χ1) is 12.6. The van der Waals surface area contributed by atoms with E-state index in [0.29, 0.717) is 29.2 Å². The van der Waals surface area contributed by atoms with Gasteiger partial charge in [0.2, 0.25) is 5.78 Å². The fourth-order valence-corrected chi connectivity index (χ4v) is 3.16. The molecule has 0 aliphatic rings. The molecule has 0 aliphatic carbocycles. The predicted octanol–water partition coefficient (Wildman–Crippen LogP) is 4.41. The number of ketones is 1. The van der Waals surface area contributed by atoms with Crippen LogP contribution in [0.15, 0.2) is 42.5 Å². The zero-order valence-electron chi connectivity index (χ0n) is 15.7. The molecule has 2 atom stereocenters. The van der Waals surface area contributed by atoms with Gasteiger partial charge in [-0.25, -0.2) is 0 Å². The Morgan fingerprint density at radius 2 is 1.65 bits per heavy atom. The highest BCUT2D eigenvalue weighted by Crippen LogP contribution is 2.29. The number of unbranched alkanes of at least 4 members (excludes halogenated alkanes) is 2. The van der Waals surface area contributed by atoms with Crippen LogP contribution in [0, 0.1) is 0 Å². The van der Waals surface area contributed by atoms with Crippen LogP contribution in [0.25, 0.3) is 0 Å². The van der Waals surface area contributed by atoms with Crippen LogP contribution < -0.4 is 19.5 Å². The van der Waals surface area contributed by atoms with Crippen LogP contribution >= 0.6 is 9.24 Å². The average molecular weight is 374 g/mol. The van der Waals surface area contributed by atoms with Crippen LogP contribution in [0.3, 0.4) is 0 Å². The highest BCUT2D eigenvalue weighted by Gasteiger charge is 2.22. The minimum absolute atomic E-state index is 0.00501. The summed E-state index contributed by atoms with van der Waals surface area (Å²) in [5, 5.41) is 0.819. The lowest BCUT2D eigenvalue weighted by atomic mass is 10.0. The number of rotatable bonds is 10. The van der Waals surface area contributed by atoms with E-state index in [4.69, 9.17) is 14.2 Å². The molecule has 0 radical (unpaired) electrons. The van der Waals surface area contributed by atoms with Crippen molar-refractivity contribution in [2.75, 3.05) is 14.2 Å². The van der Waals surface area contributed by atoms with Crippen LogP contribution in [-0.4, -0.2) is 26.1 Å². The van der Waals surface area contributed by atoms with Crippen molar-refractivity contribution in [3.63, 3.8) is 0 Å². The number of carbonyl (C=O) groups is 1. The van der Waals surface area contributed by atoms with Gasteiger partial charge in [-0.1, -0.05) is 59.3 Å². The predicted molar refractivity (Wildman–Crippen MR) is 108 cm³/mol. The summed E-state index contributed by atoms with van der Waals surface area (Å²) in [5.74, 6) is 1.85. The van der Waals surface area contributed by atoms with Crippen molar-refractivity contribution in [3.8, 4) is 17.2 Å². The molecule has 0 heterocycles. The molecule has 0 saturated heterocycles. The largest absolute Gasteiger partial charge is 0.496 e. The summed E-state index contributed by atoms with van der Waals surface area (Å²) < 4.78 is 16.9. The summed E-state index contributed by atoms with van der Waals surface area (Å²) in [6, 6.07) is 12.9. The quantitative estimate of drug-likeness (QED) is 0.351. The first-order valence-electron chi connectivity index (χ1n) is 8.88. The standard InChI is InChI=1S/C21H27O4P/c1-4-5-7-12-17(20(22)15-10-8-6-9-11-15)25-16-13-18(23-2)21(26)19(14-16)24-3/h6,8-11,13-14,17H,4-5,7,12,26H2,1-3H3. The van der Waals surface area contributed by atoms with E-state index in [9.17, 15) is 4.79 Å². The van der Waals surface area contributed by atoms with Crippen molar-refractivity contribution in [1.29, 1.82) is 0 Å². The Hall–Kier alpha value is -2.06. The van der Waals surface area contributed by atoms with Crippen LogP contribution in [0.4, 0.5) is 0 Å². The molecule has 0 N–H and O–H groups in total. The number of ether oxygens (including phenoxy) is 3. The molecule has 4 nitrogen and oxygen atoms in total. The van der Waals surface area contributed by atoms with E-state index >= 15 is 0 Å². The van der Waals surface area contributed by atoms with Crippen LogP contribution in [-0.2, 0) is 0 Å². The maximum absolute atomic E-state index is 12.9. The summed E-state index contributed by atoms with van der Waals surface area (Å²) in [6.07, 6.45) is 3.24. The molecule has 26 heavy (non-hydrogen) atoms. The van der Waals surface area contributed by atoms with E-state index in [2.05, 4.69) is 16.2 Å². The van der Waals surface area contributed by atoms with Gasteiger partial charge in [0.25, 0.3) is 0 Å². The Balaban J connectivity index is 2.27. The second-order valence-corrected chi connectivity index (χ2v) is 6.65. The van der Waals surface area contributed by atoms with E-state index in [-0.39, 0.29) is 5.78 Å². The van der Waals surface area contributed by atoms with Crippen molar-refractivity contribution < 1.29 is 19.0 Å². The summed E-state index contributed by atoms with van der Waals surface area (Å²) >= 11 is 0. The monoisotopic (exact) mass is 374 g/mol. The van der Waals surface area contributed by atoms with Crippen molar-refractivity contribution in [2.24, 2.45) is 0 Å². The van der Waals surface area contributed by atoms with Gasteiger partial charge in [0.15, 0.2) is 6.10 Å². The summed E-state index contributed by atoms with van der Waals surface area (Å²) in [5.41, 5.74) is 0.663. The van der Waals surface area contributed by atoms with Gasteiger partial charge in [0, 0.05) is 17.7 Å². The minimum Gasteiger partial charge on any atom is -0.496 e. The zero-order valence-corrected chi connectivity index (χ0v) is 16.8. The first kappa shape index (κ1) is 20.3. The second kappa shape index (κ2) is 10.2. The third-order valence-electron chi connectivity index (χ3n) is 4.22. The van der Waals surface area contributed by atoms with Gasteiger partial charge in [-0.05, 0) is 12.8 Å². The zero-order chi connectivity index (χ0) is 18.9. The molecule has 2 aromatic carbocycles. The topological polar surface area (TPSA) is 44.8 Å². The molecule has 140 valence electrons. The summed E-state index contributed by atoms with van der Waals surface area (Å²) in [6.45, 7) is 2.14. The molecule has 0 aliphatic heterocycles. The van der Waals surface area contributed by atoms with Gasteiger partial charge in [-0.3, -0.25) is 4.79 Å². The molecular weight excluding hydrogens is 347 g/mol. The number of hydrogen-bond acceptors (Lipinski definition) is 4. The molecular formula is C21H27O4P. The number of carbonyl (C=O) groups excluding carboxylic acids is 1. The molecule has 0 aromatic heterocycles. The lowest BCUT2D eigenvalue weighted by molar-refractivity contribution is 0.0773. The van der Waals surface area contributed by atoms with Crippen LogP contribution in [0.1, 0.15) is 43.0 Å². The lowest BCUT2D eigenvalue weighted by Crippen LogP contribution is -2.27. The average Bonchev–Trinajstić information content (AvgIpc) is 2.68. The lowest BCUT2D eigenvalue weighted by Gasteiger charge is -2.20. The molecule has 0 saturated carbocycles. The molecule has 0 bridgehead atoms. The Labute approximate surface area is 158 Å². The first-order valence-corrected chi connectivity index (χ1v) is 9.45. The van der Waals surface area contributed by atoms with Gasteiger partial charge < -0.3 is 14.2 Å². The molecule has 2 unspecified atom stereocenters. The van der Waals surface area contributed by atoms with E-state index < -0.39 is 6.10 Å². The molecule has 5 heteroatoms. The van der Waals surface area contributed by atoms with Crippen molar-refractivity contribution in [3.05, 3.63) is 48.0 Å². The van der Waals surface area contributed by atoms with E-state index in [1.54, 1.807) is 26.4 Å². The Bertz CT molecular complexity index is 690. The van der Waals surface area contributed by atoms with Gasteiger partial charge in [-0.2, -0.15) is 0 Å². The molecule has 2 rings (SSSR count). The number of Topliss-reactive ketones (excluding diaryl/α,β-unsaturated/α-hetero) is 1. The fraction of sp³-hybridized carbons (Fsp3) is 0.381. The third-order valence-corrected chi connectivity index (χ3v) is 4.79. The SMILES string of the molecule is CCCCCC(Oc1cc(OC)c(P)c(OC)c1)C(=O)c1ccccc1. The number of methoxy groups -OCH3 is 2. The van der Waals surface area contributed by atoms with Gasteiger partial charge >= 0.3 is 0 Å². The smallest absolute Gasteiger partial charge is 0.203 e. The number of hydrogen-bond donors (Lipinski definition) is 0. The third kappa shape index (κ3) is 5.22. The van der Waals surface area contributed by atoms with Crippen LogP contribution in [0.5, 0.6) is 17.2 Å². The maximum atomic E-state index is 12.9. The Morgan fingerprint density at radius 1 is 1.04 bits per heavy atom. The minimum atomic E-state index is -0.534. The summed E-state index contributed by atoms with van der Waals surface area (Å²) in [4.78, 5) is 12.9. The van der Waals surface area contributed by atoms with Gasteiger partial charge in [-0.15, -0.1) is 0 Å². The normalized spacial score (nSPS) is 11.7. The fourth-order valence-electron chi connectivity index (χ4n) is 2.76. The molecule has 0 fully saturated rings. The van der Waals surface area contributed by atoms with Crippen molar-refractivity contribution >= 4 is 20.3 Å². The Kier molecular flexibility index (Phi) is 7.93. The maximum Gasteiger partial charge on any atom is 0.203 e. The van der Waals surface area contributed by atoms with E-state index in [1.165, 1.54) is 0 Å². The second-order valence-electron chi connectivity index (χ2n) is 6.07. The van der Waals surface area contributed by atoms with E-state index in [0.717, 1.165) is 24.6 Å². The van der Waals surface area contributed by atoms with Crippen molar-refractivity contribution in [2.45, 2.75) is 38.7 Å². The van der Waals surface area contributed by atoms with Crippen LogP contribution in [0.2, 0.25) is 0 Å². The van der Waals surface area contributed by atoms with Crippen molar-refractivity contribution in [1.82, 2.24) is 0 Å². The van der Waals surface area contributed by atoms with Gasteiger partial charge in [0.05, 0.1) is 19.5 Å². The number of benzene rings is 2. The van der Waals surface area contributed by atoms with Gasteiger partial charge in [0.1, 0.15) is 17.2 Å². The molecule has 0 amide bonds.